The second-order valence-electron chi connectivity index (χ2n) is 7.67. The summed E-state index contributed by atoms with van der Waals surface area (Å²) in [7, 11) is -2.81. The van der Waals surface area contributed by atoms with E-state index in [0.29, 0.717) is 29.3 Å². The molecule has 0 saturated heterocycles. The second-order valence-corrected chi connectivity index (χ2v) is 9.36. The number of nitrogens with one attached hydrogen (secondary N) is 1. The minimum absolute atomic E-state index is 0.111. The zero-order valence-corrected chi connectivity index (χ0v) is 19.8. The smallest absolute Gasteiger partial charge is 0.266 e. The molecule has 0 fully saturated rings. The van der Waals surface area contributed by atoms with Crippen molar-refractivity contribution < 1.29 is 35.5 Å². The highest BCUT2D eigenvalue weighted by molar-refractivity contribution is 7.90. The first-order chi connectivity index (χ1) is 17.5. The Hall–Kier alpha value is -4.45. The molecule has 0 spiro atoms. The normalized spacial score (nSPS) is 11.2. The Labute approximate surface area is 209 Å². The molecule has 37 heavy (non-hydrogen) atoms. The Kier molecular flexibility index (Phi) is 7.11. The highest BCUT2D eigenvalue weighted by Crippen LogP contribution is 2.29. The van der Waals surface area contributed by atoms with E-state index in [4.69, 9.17) is 4.74 Å². The number of hydrogen-bond donors (Lipinski definition) is 1. The van der Waals surface area contributed by atoms with Crippen molar-refractivity contribution in [2.75, 3.05) is 11.9 Å². The molecule has 0 aliphatic heterocycles. The number of rotatable bonds is 7. The van der Waals surface area contributed by atoms with Gasteiger partial charge in [-0.25, -0.2) is 30.7 Å². The minimum Gasteiger partial charge on any atom is -0.456 e. The average Bonchev–Trinajstić information content (AvgIpc) is 2.87. The zero-order valence-electron chi connectivity index (χ0n) is 19.0. The Bertz CT molecular complexity index is 1580. The van der Waals surface area contributed by atoms with Crippen LogP contribution >= 0.6 is 0 Å². The Morgan fingerprint density at radius 2 is 1.41 bits per heavy atom. The van der Waals surface area contributed by atoms with Crippen LogP contribution in [-0.2, 0) is 10.0 Å². The first-order valence-corrected chi connectivity index (χ1v) is 12.0. The predicted octanol–water partition coefficient (Wildman–Crippen LogP) is 5.32. The minimum atomic E-state index is -4.48. The summed E-state index contributed by atoms with van der Waals surface area (Å²) in [6.07, 6.45) is 2.39. The molecule has 1 heterocycles. The summed E-state index contributed by atoms with van der Waals surface area (Å²) in [5.41, 5.74) is 0.902. The number of aromatic nitrogens is 1. The number of benzene rings is 3. The topological polar surface area (TPSA) is 88.6 Å². The van der Waals surface area contributed by atoms with Crippen molar-refractivity contribution in [2.24, 2.45) is 0 Å². The zero-order chi connectivity index (χ0) is 26.7. The van der Waals surface area contributed by atoms with Crippen molar-refractivity contribution >= 4 is 27.3 Å². The molecule has 3 aromatic carbocycles. The van der Waals surface area contributed by atoms with E-state index in [2.05, 4.69) is 4.98 Å². The van der Waals surface area contributed by atoms with Gasteiger partial charge in [0.25, 0.3) is 15.9 Å². The molecule has 0 aliphatic rings. The largest absolute Gasteiger partial charge is 0.456 e. The monoisotopic (exact) mass is 531 g/mol. The van der Waals surface area contributed by atoms with Crippen LogP contribution in [0.15, 0.2) is 84.0 Å². The van der Waals surface area contributed by atoms with E-state index in [1.807, 2.05) is 0 Å². The number of halogens is 4. The molecule has 0 unspecified atom stereocenters. The highest BCUT2D eigenvalue weighted by atomic mass is 32.2. The van der Waals surface area contributed by atoms with Crippen LogP contribution < -0.4 is 14.4 Å². The predicted molar refractivity (Wildman–Crippen MR) is 126 cm³/mol. The fraction of sp³-hybridized carbons (Fsp3) is 0.0400. The van der Waals surface area contributed by atoms with Crippen molar-refractivity contribution in [3.63, 3.8) is 0 Å². The number of nitrogens with zero attached hydrogens (tertiary/aromatic N) is 2. The molecule has 4 aromatic rings. The van der Waals surface area contributed by atoms with Gasteiger partial charge in [-0.3, -0.25) is 9.78 Å². The molecule has 0 saturated carbocycles. The van der Waals surface area contributed by atoms with E-state index in [1.165, 1.54) is 18.3 Å². The van der Waals surface area contributed by atoms with Gasteiger partial charge in [0.1, 0.15) is 11.5 Å². The standard InChI is InChI=1S/C25H17F4N3O4S/c1-32(17-4-8-21(26)23(28)11-17)16-2-5-18(6-3-16)36-19-10-15(13-30-14-19)25(33)31-37(34,35)20-7-9-22(27)24(29)12-20/h2-14H,1H3,(H,31,33). The molecule has 190 valence electrons. The number of pyridine rings is 1. The van der Waals surface area contributed by atoms with E-state index in [1.54, 1.807) is 40.9 Å². The summed E-state index contributed by atoms with van der Waals surface area (Å²) in [5, 5.41) is 0. The Morgan fingerprint density at radius 3 is 2.05 bits per heavy atom. The van der Waals surface area contributed by atoms with Crippen molar-refractivity contribution in [3.8, 4) is 11.5 Å². The highest BCUT2D eigenvalue weighted by Gasteiger charge is 2.21. The van der Waals surface area contributed by atoms with E-state index in [9.17, 15) is 30.8 Å². The molecule has 0 atom stereocenters. The molecular weight excluding hydrogens is 514 g/mol. The van der Waals surface area contributed by atoms with Crippen molar-refractivity contribution in [3.05, 3.63) is 108 Å². The van der Waals surface area contributed by atoms with Crippen molar-refractivity contribution in [2.45, 2.75) is 4.90 Å². The summed E-state index contributed by atoms with van der Waals surface area (Å²) >= 11 is 0. The van der Waals surface area contributed by atoms with Crippen LogP contribution in [0, 0.1) is 23.3 Å². The van der Waals surface area contributed by atoms with Crippen LogP contribution in [0.4, 0.5) is 28.9 Å². The fourth-order valence-electron chi connectivity index (χ4n) is 3.20. The molecule has 4 rings (SSSR count). The van der Waals surface area contributed by atoms with Crippen LogP contribution in [0.5, 0.6) is 11.5 Å². The average molecular weight is 531 g/mol. The maximum Gasteiger partial charge on any atom is 0.266 e. The number of sulfonamides is 1. The lowest BCUT2D eigenvalue weighted by molar-refractivity contribution is 0.0980. The lowest BCUT2D eigenvalue weighted by atomic mass is 10.2. The number of anilines is 2. The second kappa shape index (κ2) is 10.3. The third kappa shape index (κ3) is 5.86. The molecule has 0 bridgehead atoms. The summed E-state index contributed by atoms with van der Waals surface area (Å²) in [6.45, 7) is 0. The summed E-state index contributed by atoms with van der Waals surface area (Å²) in [6, 6.07) is 13.2. The summed E-state index contributed by atoms with van der Waals surface area (Å²) in [5.74, 6) is -5.15. The number of carbonyl (C=O) groups excluding carboxylic acids is 1. The lowest BCUT2D eigenvalue weighted by Crippen LogP contribution is -2.30. The first-order valence-electron chi connectivity index (χ1n) is 10.5. The summed E-state index contributed by atoms with van der Waals surface area (Å²) < 4.78 is 85.4. The summed E-state index contributed by atoms with van der Waals surface area (Å²) in [4.78, 5) is 17.3. The maximum absolute atomic E-state index is 13.5. The van der Waals surface area contributed by atoms with Gasteiger partial charge in [-0.15, -0.1) is 0 Å². The van der Waals surface area contributed by atoms with Gasteiger partial charge in [0, 0.05) is 30.7 Å². The fourth-order valence-corrected chi connectivity index (χ4v) is 4.18. The molecular formula is C25H17F4N3O4S. The molecule has 12 heteroatoms. The Morgan fingerprint density at radius 1 is 0.784 bits per heavy atom. The third-order valence-corrected chi connectivity index (χ3v) is 6.48. The molecule has 7 nitrogen and oxygen atoms in total. The van der Waals surface area contributed by atoms with E-state index in [-0.39, 0.29) is 11.3 Å². The van der Waals surface area contributed by atoms with Gasteiger partial charge >= 0.3 is 0 Å². The van der Waals surface area contributed by atoms with Crippen molar-refractivity contribution in [1.82, 2.24) is 9.71 Å². The number of amides is 1. The van der Waals surface area contributed by atoms with Gasteiger partial charge in [0.15, 0.2) is 23.3 Å². The molecule has 0 radical (unpaired) electrons. The maximum atomic E-state index is 13.5. The van der Waals surface area contributed by atoms with E-state index in [0.717, 1.165) is 24.4 Å². The van der Waals surface area contributed by atoms with Gasteiger partial charge in [-0.1, -0.05) is 0 Å². The molecule has 1 amide bonds. The van der Waals surface area contributed by atoms with Gasteiger partial charge in [-0.2, -0.15) is 0 Å². The van der Waals surface area contributed by atoms with E-state index < -0.39 is 44.1 Å². The van der Waals surface area contributed by atoms with Crippen LogP contribution in [0.25, 0.3) is 0 Å². The van der Waals surface area contributed by atoms with Crippen LogP contribution in [0.2, 0.25) is 0 Å². The first kappa shape index (κ1) is 25.6. The SMILES string of the molecule is CN(c1ccc(Oc2cncc(C(=O)NS(=O)(=O)c3ccc(F)c(F)c3)c2)cc1)c1ccc(F)c(F)c1. The van der Waals surface area contributed by atoms with Crippen molar-refractivity contribution in [1.29, 1.82) is 0 Å². The molecule has 1 aromatic heterocycles. The number of hydrogen-bond acceptors (Lipinski definition) is 6. The van der Waals surface area contributed by atoms with Gasteiger partial charge in [-0.05, 0) is 60.7 Å². The molecule has 0 aliphatic carbocycles. The quantitative estimate of drug-likeness (QED) is 0.325. The lowest BCUT2D eigenvalue weighted by Gasteiger charge is -2.20. The van der Waals surface area contributed by atoms with E-state index >= 15 is 0 Å². The van der Waals surface area contributed by atoms with Crippen LogP contribution in [0.3, 0.4) is 0 Å². The Balaban J connectivity index is 1.46. The van der Waals surface area contributed by atoms with Gasteiger partial charge in [0.05, 0.1) is 16.7 Å². The van der Waals surface area contributed by atoms with Gasteiger partial charge in [0.2, 0.25) is 0 Å². The third-order valence-electron chi connectivity index (χ3n) is 5.15. The molecule has 1 N–H and O–H groups in total. The number of carbonyl (C=O) groups is 1. The number of ether oxygens (including phenoxy) is 1. The van der Waals surface area contributed by atoms with Crippen LogP contribution in [0.1, 0.15) is 10.4 Å². The van der Waals surface area contributed by atoms with Crippen LogP contribution in [-0.4, -0.2) is 26.4 Å². The van der Waals surface area contributed by atoms with Gasteiger partial charge < -0.3 is 9.64 Å².